The van der Waals surface area contributed by atoms with E-state index in [-0.39, 0.29) is 5.91 Å². The van der Waals surface area contributed by atoms with Gasteiger partial charge in [-0.3, -0.25) is 4.79 Å². The number of ether oxygens (including phenoxy) is 2. The number of benzene rings is 1. The van der Waals surface area contributed by atoms with Crippen LogP contribution in [0, 0.1) is 0 Å². The van der Waals surface area contributed by atoms with Gasteiger partial charge in [0.1, 0.15) is 11.5 Å². The molecule has 1 fully saturated rings. The highest BCUT2D eigenvalue weighted by molar-refractivity contribution is 7.12. The maximum absolute atomic E-state index is 12.4. The van der Waals surface area contributed by atoms with Crippen molar-refractivity contribution in [3.63, 3.8) is 0 Å². The first-order valence-corrected chi connectivity index (χ1v) is 8.40. The second kappa shape index (κ2) is 6.91. The molecule has 0 bridgehead atoms. The van der Waals surface area contributed by atoms with Crippen molar-refractivity contribution in [2.75, 3.05) is 45.3 Å². The molecule has 0 radical (unpaired) electrons. The summed E-state index contributed by atoms with van der Waals surface area (Å²) in [4.78, 5) is 17.4. The molecule has 1 saturated heterocycles. The SMILES string of the molecule is COc1ccc(N2CCN(C(=O)c3cccs3)CC2)c(OC)c1. The Kier molecular flexibility index (Phi) is 4.71. The predicted molar refractivity (Wildman–Crippen MR) is 92.0 cm³/mol. The van der Waals surface area contributed by atoms with E-state index >= 15 is 0 Å². The molecule has 0 unspecified atom stereocenters. The van der Waals surface area contributed by atoms with Crippen LogP contribution in [0.4, 0.5) is 5.69 Å². The molecule has 0 saturated carbocycles. The lowest BCUT2D eigenvalue weighted by molar-refractivity contribution is 0.0751. The first-order valence-electron chi connectivity index (χ1n) is 7.52. The van der Waals surface area contributed by atoms with E-state index in [4.69, 9.17) is 9.47 Å². The van der Waals surface area contributed by atoms with Crippen molar-refractivity contribution in [3.8, 4) is 11.5 Å². The van der Waals surface area contributed by atoms with Crippen molar-refractivity contribution in [2.45, 2.75) is 0 Å². The van der Waals surface area contributed by atoms with Gasteiger partial charge in [-0.1, -0.05) is 6.07 Å². The Labute approximate surface area is 140 Å². The molecule has 0 N–H and O–H groups in total. The summed E-state index contributed by atoms with van der Waals surface area (Å²) in [6, 6.07) is 9.62. The highest BCUT2D eigenvalue weighted by Gasteiger charge is 2.24. The first-order chi connectivity index (χ1) is 11.2. The van der Waals surface area contributed by atoms with Gasteiger partial charge < -0.3 is 19.3 Å². The van der Waals surface area contributed by atoms with E-state index in [1.54, 1.807) is 14.2 Å². The molecular formula is C17H20N2O3S. The van der Waals surface area contributed by atoms with Crippen LogP contribution < -0.4 is 14.4 Å². The second-order valence-electron chi connectivity index (χ2n) is 5.29. The highest BCUT2D eigenvalue weighted by Crippen LogP contribution is 2.32. The van der Waals surface area contributed by atoms with Crippen LogP contribution in [-0.2, 0) is 0 Å². The lowest BCUT2D eigenvalue weighted by Crippen LogP contribution is -2.48. The molecule has 2 heterocycles. The third-order valence-corrected chi connectivity index (χ3v) is 4.88. The molecule has 1 aliphatic rings. The number of piperazine rings is 1. The van der Waals surface area contributed by atoms with Gasteiger partial charge in [0.25, 0.3) is 5.91 Å². The monoisotopic (exact) mass is 332 g/mol. The topological polar surface area (TPSA) is 42.0 Å². The van der Waals surface area contributed by atoms with Crippen molar-refractivity contribution >= 4 is 22.9 Å². The molecule has 6 heteroatoms. The summed E-state index contributed by atoms with van der Waals surface area (Å²) in [6.45, 7) is 3.01. The van der Waals surface area contributed by atoms with Gasteiger partial charge in [0, 0.05) is 32.2 Å². The Hall–Kier alpha value is -2.21. The minimum absolute atomic E-state index is 0.126. The Bertz CT molecular complexity index is 664. The fourth-order valence-corrected chi connectivity index (χ4v) is 3.44. The molecule has 122 valence electrons. The molecular weight excluding hydrogens is 312 g/mol. The minimum atomic E-state index is 0.126. The Morgan fingerprint density at radius 1 is 1.09 bits per heavy atom. The van der Waals surface area contributed by atoms with Gasteiger partial charge in [0.15, 0.2) is 0 Å². The van der Waals surface area contributed by atoms with Crippen LogP contribution in [0.15, 0.2) is 35.7 Å². The van der Waals surface area contributed by atoms with Crippen LogP contribution in [-0.4, -0.2) is 51.2 Å². The summed E-state index contributed by atoms with van der Waals surface area (Å²) in [7, 11) is 3.30. The number of carbonyl (C=O) groups excluding carboxylic acids is 1. The van der Waals surface area contributed by atoms with Crippen molar-refractivity contribution in [1.29, 1.82) is 0 Å². The van der Waals surface area contributed by atoms with Gasteiger partial charge >= 0.3 is 0 Å². The number of methoxy groups -OCH3 is 2. The molecule has 0 aliphatic carbocycles. The number of nitrogens with zero attached hydrogens (tertiary/aromatic N) is 2. The molecule has 5 nitrogen and oxygen atoms in total. The Morgan fingerprint density at radius 3 is 2.48 bits per heavy atom. The van der Waals surface area contributed by atoms with Crippen LogP contribution >= 0.6 is 11.3 Å². The lowest BCUT2D eigenvalue weighted by atomic mass is 10.2. The first kappa shape index (κ1) is 15.7. The van der Waals surface area contributed by atoms with Crippen LogP contribution in [0.2, 0.25) is 0 Å². The number of hydrogen-bond acceptors (Lipinski definition) is 5. The number of amides is 1. The van der Waals surface area contributed by atoms with E-state index in [2.05, 4.69) is 4.90 Å². The molecule has 0 spiro atoms. The zero-order chi connectivity index (χ0) is 16.2. The number of thiophene rings is 1. The van der Waals surface area contributed by atoms with E-state index < -0.39 is 0 Å². The van der Waals surface area contributed by atoms with Gasteiger partial charge in [0.05, 0.1) is 24.8 Å². The number of rotatable bonds is 4. The standard InChI is InChI=1S/C17H20N2O3S/c1-21-13-5-6-14(15(12-13)22-2)18-7-9-19(10-8-18)17(20)16-4-3-11-23-16/h3-6,11-12H,7-10H2,1-2H3. The third-order valence-electron chi connectivity index (χ3n) is 4.03. The summed E-state index contributed by atoms with van der Waals surface area (Å²) < 4.78 is 10.7. The van der Waals surface area contributed by atoms with E-state index in [1.807, 2.05) is 40.6 Å². The third kappa shape index (κ3) is 3.27. The maximum Gasteiger partial charge on any atom is 0.264 e. The van der Waals surface area contributed by atoms with E-state index in [0.717, 1.165) is 35.2 Å². The van der Waals surface area contributed by atoms with Crippen molar-refractivity contribution in [3.05, 3.63) is 40.6 Å². The van der Waals surface area contributed by atoms with Gasteiger partial charge in [0.2, 0.25) is 0 Å². The van der Waals surface area contributed by atoms with Crippen LogP contribution in [0.25, 0.3) is 0 Å². The normalized spacial score (nSPS) is 14.7. The maximum atomic E-state index is 12.4. The summed E-state index contributed by atoms with van der Waals surface area (Å²) in [5.41, 5.74) is 1.04. The molecule has 23 heavy (non-hydrogen) atoms. The summed E-state index contributed by atoms with van der Waals surface area (Å²) in [5, 5.41) is 1.94. The molecule has 1 aromatic carbocycles. The van der Waals surface area contributed by atoms with Gasteiger partial charge in [-0.25, -0.2) is 0 Å². The van der Waals surface area contributed by atoms with E-state index in [0.29, 0.717) is 13.1 Å². The quantitative estimate of drug-likeness (QED) is 0.863. The summed E-state index contributed by atoms with van der Waals surface area (Å²) in [6.07, 6.45) is 0. The number of carbonyl (C=O) groups is 1. The van der Waals surface area contributed by atoms with Gasteiger partial charge in [-0.05, 0) is 23.6 Å². The molecule has 1 aliphatic heterocycles. The zero-order valence-electron chi connectivity index (χ0n) is 13.3. The number of anilines is 1. The van der Waals surface area contributed by atoms with Gasteiger partial charge in [-0.2, -0.15) is 0 Å². The number of hydrogen-bond donors (Lipinski definition) is 0. The molecule has 0 atom stereocenters. The molecule has 2 aromatic rings. The Balaban J connectivity index is 1.68. The fourth-order valence-electron chi connectivity index (χ4n) is 2.75. The molecule has 3 rings (SSSR count). The summed E-state index contributed by atoms with van der Waals surface area (Å²) >= 11 is 1.49. The van der Waals surface area contributed by atoms with E-state index in [1.165, 1.54) is 11.3 Å². The fraction of sp³-hybridized carbons (Fsp3) is 0.353. The van der Waals surface area contributed by atoms with E-state index in [9.17, 15) is 4.79 Å². The van der Waals surface area contributed by atoms with Gasteiger partial charge in [-0.15, -0.1) is 11.3 Å². The average Bonchev–Trinajstić information content (AvgIpc) is 3.15. The molecule has 1 aromatic heterocycles. The average molecular weight is 332 g/mol. The van der Waals surface area contributed by atoms with Crippen molar-refractivity contribution in [2.24, 2.45) is 0 Å². The molecule has 1 amide bonds. The van der Waals surface area contributed by atoms with Crippen molar-refractivity contribution in [1.82, 2.24) is 4.90 Å². The Morgan fingerprint density at radius 2 is 1.87 bits per heavy atom. The largest absolute Gasteiger partial charge is 0.497 e. The minimum Gasteiger partial charge on any atom is -0.497 e. The van der Waals surface area contributed by atoms with Crippen LogP contribution in [0.5, 0.6) is 11.5 Å². The van der Waals surface area contributed by atoms with Crippen molar-refractivity contribution < 1.29 is 14.3 Å². The van der Waals surface area contributed by atoms with Crippen LogP contribution in [0.3, 0.4) is 0 Å². The second-order valence-corrected chi connectivity index (χ2v) is 6.24. The lowest BCUT2D eigenvalue weighted by Gasteiger charge is -2.36. The smallest absolute Gasteiger partial charge is 0.264 e. The highest BCUT2D eigenvalue weighted by atomic mass is 32.1. The summed E-state index contributed by atoms with van der Waals surface area (Å²) in [5.74, 6) is 1.70. The zero-order valence-corrected chi connectivity index (χ0v) is 14.1. The van der Waals surface area contributed by atoms with Crippen LogP contribution in [0.1, 0.15) is 9.67 Å². The predicted octanol–water partition coefficient (Wildman–Crippen LogP) is 2.73.